The predicted molar refractivity (Wildman–Crippen MR) is 89.4 cm³/mol. The number of rotatable bonds is 4. The molecule has 2 N–H and O–H groups in total. The Hall–Kier alpha value is -1.23. The number of nitrogens with two attached hydrogens (primary N) is 1. The molecule has 0 saturated heterocycles. The van der Waals surface area contributed by atoms with E-state index in [9.17, 15) is 0 Å². The zero-order valence-corrected chi connectivity index (χ0v) is 13.4. The second-order valence-electron chi connectivity index (χ2n) is 5.05. The second kappa shape index (κ2) is 5.28. The predicted octanol–water partition coefficient (Wildman–Crippen LogP) is 5.00. The highest BCUT2D eigenvalue weighted by Crippen LogP contribution is 2.36. The zero-order valence-electron chi connectivity index (χ0n) is 11.7. The Morgan fingerprint density at radius 3 is 2.65 bits per heavy atom. The maximum absolute atomic E-state index is 6.44. The number of nitrogens with zero attached hydrogens (tertiary/aromatic N) is 1. The van der Waals surface area contributed by atoms with Gasteiger partial charge in [0, 0.05) is 10.1 Å². The van der Waals surface area contributed by atoms with Gasteiger partial charge in [0.15, 0.2) is 0 Å². The quantitative estimate of drug-likeness (QED) is 0.736. The minimum atomic E-state index is -0.278. The number of hydrogen-bond acceptors (Lipinski definition) is 4. The van der Waals surface area contributed by atoms with E-state index in [0.29, 0.717) is 0 Å². The first-order chi connectivity index (χ1) is 9.66. The van der Waals surface area contributed by atoms with Crippen LogP contribution in [0.2, 0.25) is 0 Å². The van der Waals surface area contributed by atoms with Crippen LogP contribution in [0.15, 0.2) is 35.7 Å². The first kappa shape index (κ1) is 13.7. The molecule has 0 unspecified atom stereocenters. The highest BCUT2D eigenvalue weighted by Gasteiger charge is 2.26. The molecule has 0 saturated carbocycles. The highest BCUT2D eigenvalue weighted by molar-refractivity contribution is 7.22. The molecule has 0 amide bonds. The van der Waals surface area contributed by atoms with Gasteiger partial charge >= 0.3 is 0 Å². The van der Waals surface area contributed by atoms with Crippen molar-refractivity contribution in [2.24, 2.45) is 5.73 Å². The Kier molecular flexibility index (Phi) is 3.63. The summed E-state index contributed by atoms with van der Waals surface area (Å²) in [5.74, 6) is 0. The number of hydrogen-bond donors (Lipinski definition) is 1. The normalized spacial score (nSPS) is 12.2. The lowest BCUT2D eigenvalue weighted by molar-refractivity contribution is 0.411. The summed E-state index contributed by atoms with van der Waals surface area (Å²) in [7, 11) is 0. The van der Waals surface area contributed by atoms with E-state index < -0.39 is 0 Å². The van der Waals surface area contributed by atoms with Gasteiger partial charge in [0.2, 0.25) is 0 Å². The summed E-state index contributed by atoms with van der Waals surface area (Å²) in [4.78, 5) is 6.02. The molecule has 0 aliphatic rings. The summed E-state index contributed by atoms with van der Waals surface area (Å²) < 4.78 is 1.31. The van der Waals surface area contributed by atoms with Gasteiger partial charge in [-0.05, 0) is 30.4 Å². The summed E-state index contributed by atoms with van der Waals surface area (Å²) in [6.07, 6.45) is 1.84. The lowest BCUT2D eigenvalue weighted by Gasteiger charge is -2.23. The Labute approximate surface area is 127 Å². The first-order valence-corrected chi connectivity index (χ1v) is 8.59. The molecule has 0 radical (unpaired) electrons. The average molecular weight is 302 g/mol. The van der Waals surface area contributed by atoms with Crippen molar-refractivity contribution in [1.82, 2.24) is 4.98 Å². The van der Waals surface area contributed by atoms with E-state index in [2.05, 4.69) is 49.6 Å². The number of fused-ring (bicyclic) bond motifs is 1. The van der Waals surface area contributed by atoms with Crippen molar-refractivity contribution in [3.05, 3.63) is 40.7 Å². The van der Waals surface area contributed by atoms with Crippen LogP contribution in [-0.2, 0) is 5.54 Å². The van der Waals surface area contributed by atoms with E-state index in [1.54, 1.807) is 22.7 Å². The van der Waals surface area contributed by atoms with Crippen LogP contribution in [0.3, 0.4) is 0 Å². The molecule has 0 aliphatic carbocycles. The fourth-order valence-corrected chi connectivity index (χ4v) is 4.45. The molecule has 20 heavy (non-hydrogen) atoms. The van der Waals surface area contributed by atoms with Crippen LogP contribution in [0.25, 0.3) is 20.7 Å². The lowest BCUT2D eigenvalue weighted by Crippen LogP contribution is -2.34. The highest BCUT2D eigenvalue weighted by atomic mass is 32.1. The average Bonchev–Trinajstić information content (AvgIpc) is 3.12. The monoisotopic (exact) mass is 302 g/mol. The molecular formula is C16H18N2S2. The second-order valence-corrected chi connectivity index (χ2v) is 6.99. The minimum Gasteiger partial charge on any atom is -0.319 e. The third-order valence-electron chi connectivity index (χ3n) is 3.87. The van der Waals surface area contributed by atoms with Crippen molar-refractivity contribution in [3.63, 3.8) is 0 Å². The Morgan fingerprint density at radius 2 is 1.95 bits per heavy atom. The maximum Gasteiger partial charge on any atom is 0.113 e. The van der Waals surface area contributed by atoms with E-state index in [4.69, 9.17) is 10.7 Å². The molecule has 104 valence electrons. The molecule has 3 rings (SSSR count). The van der Waals surface area contributed by atoms with Crippen molar-refractivity contribution in [2.45, 2.75) is 32.2 Å². The van der Waals surface area contributed by atoms with Gasteiger partial charge in [-0.15, -0.1) is 22.7 Å². The van der Waals surface area contributed by atoms with Crippen molar-refractivity contribution in [1.29, 1.82) is 0 Å². The molecule has 0 fully saturated rings. The summed E-state index contributed by atoms with van der Waals surface area (Å²) in [5.41, 5.74) is 7.22. The molecule has 3 aromatic rings. The van der Waals surface area contributed by atoms with Gasteiger partial charge in [-0.1, -0.05) is 32.0 Å². The van der Waals surface area contributed by atoms with E-state index in [-0.39, 0.29) is 5.54 Å². The largest absolute Gasteiger partial charge is 0.319 e. The summed E-state index contributed by atoms with van der Waals surface area (Å²) >= 11 is 3.47. The molecule has 4 heteroatoms. The van der Waals surface area contributed by atoms with Gasteiger partial charge in [0.1, 0.15) is 5.01 Å². The molecule has 0 spiro atoms. The molecule has 2 nitrogen and oxygen atoms in total. The van der Waals surface area contributed by atoms with Crippen molar-refractivity contribution < 1.29 is 0 Å². The lowest BCUT2D eigenvalue weighted by atomic mass is 9.95. The van der Waals surface area contributed by atoms with Crippen molar-refractivity contribution >= 4 is 32.8 Å². The molecule has 2 aromatic heterocycles. The molecule has 0 bridgehead atoms. The number of thiophene rings is 1. The van der Waals surface area contributed by atoms with E-state index in [0.717, 1.165) is 23.5 Å². The molecule has 2 heterocycles. The van der Waals surface area contributed by atoms with E-state index >= 15 is 0 Å². The number of aromatic nitrogens is 1. The van der Waals surface area contributed by atoms with Gasteiger partial charge in [-0.25, -0.2) is 4.98 Å². The van der Waals surface area contributed by atoms with Crippen LogP contribution in [0.1, 0.15) is 31.7 Å². The Balaban J connectivity index is 2.01. The minimum absolute atomic E-state index is 0.278. The van der Waals surface area contributed by atoms with Gasteiger partial charge in [0.25, 0.3) is 0 Å². The van der Waals surface area contributed by atoms with Crippen LogP contribution >= 0.6 is 22.7 Å². The summed E-state index contributed by atoms with van der Waals surface area (Å²) in [6.45, 7) is 4.26. The fourth-order valence-electron chi connectivity index (χ4n) is 2.28. The smallest absolute Gasteiger partial charge is 0.113 e. The Bertz CT molecular complexity index is 690. The third kappa shape index (κ3) is 2.28. The van der Waals surface area contributed by atoms with Crippen LogP contribution < -0.4 is 5.73 Å². The summed E-state index contributed by atoms with van der Waals surface area (Å²) in [6, 6.07) is 10.7. The molecule has 0 aliphatic heterocycles. The summed E-state index contributed by atoms with van der Waals surface area (Å²) in [5, 5.41) is 4.47. The van der Waals surface area contributed by atoms with Crippen LogP contribution in [-0.4, -0.2) is 4.98 Å². The van der Waals surface area contributed by atoms with E-state index in [1.165, 1.54) is 15.0 Å². The SMILES string of the molecule is CCC(N)(CC)c1nc(-c2cc3ccccc3s2)cs1. The molecular weight excluding hydrogens is 284 g/mol. The standard InChI is InChI=1S/C16H18N2S2/c1-3-16(17,4-2)15-18-12(10-19-15)14-9-11-7-5-6-8-13(11)20-14/h5-10H,3-4,17H2,1-2H3. The van der Waals surface area contributed by atoms with E-state index in [1.807, 2.05) is 0 Å². The number of benzene rings is 1. The van der Waals surface area contributed by atoms with Crippen LogP contribution in [0.4, 0.5) is 0 Å². The number of thiazole rings is 1. The molecule has 0 atom stereocenters. The van der Waals surface area contributed by atoms with Crippen molar-refractivity contribution in [2.75, 3.05) is 0 Å². The Morgan fingerprint density at radius 1 is 1.20 bits per heavy atom. The third-order valence-corrected chi connectivity index (χ3v) is 6.07. The topological polar surface area (TPSA) is 38.9 Å². The zero-order chi connectivity index (χ0) is 14.2. The van der Waals surface area contributed by atoms with Gasteiger partial charge in [-0.2, -0.15) is 0 Å². The molecule has 1 aromatic carbocycles. The van der Waals surface area contributed by atoms with Crippen LogP contribution in [0, 0.1) is 0 Å². The fraction of sp³-hybridized carbons (Fsp3) is 0.312. The van der Waals surface area contributed by atoms with Crippen LogP contribution in [0.5, 0.6) is 0 Å². The maximum atomic E-state index is 6.44. The first-order valence-electron chi connectivity index (χ1n) is 6.90. The van der Waals surface area contributed by atoms with Crippen molar-refractivity contribution in [3.8, 4) is 10.6 Å². The van der Waals surface area contributed by atoms with Gasteiger partial charge in [0.05, 0.1) is 16.1 Å². The van der Waals surface area contributed by atoms with Gasteiger partial charge in [-0.3, -0.25) is 0 Å². The van der Waals surface area contributed by atoms with Gasteiger partial charge < -0.3 is 5.73 Å².